The lowest BCUT2D eigenvalue weighted by Crippen LogP contribution is -2.32. The Morgan fingerprint density at radius 3 is 2.34 bits per heavy atom. The Morgan fingerprint density at radius 2 is 1.83 bits per heavy atom. The highest BCUT2D eigenvalue weighted by atomic mass is 32.2. The van der Waals surface area contributed by atoms with E-state index in [-0.39, 0.29) is 0 Å². The van der Waals surface area contributed by atoms with Crippen LogP contribution in [-0.2, 0) is 13.6 Å². The molecule has 0 radical (unpaired) electrons. The molecule has 0 saturated heterocycles. The molecule has 0 aliphatic rings. The zero-order chi connectivity index (χ0) is 21.2. The number of thioether (sulfide) groups is 1. The summed E-state index contributed by atoms with van der Waals surface area (Å²) in [5.74, 6) is 5.04. The molecule has 0 aliphatic carbocycles. The van der Waals surface area contributed by atoms with Crippen LogP contribution >= 0.6 is 11.8 Å². The summed E-state index contributed by atoms with van der Waals surface area (Å²) in [6, 6.07) is 3.68. The number of nitrogens with one attached hydrogen (secondary N) is 2. The van der Waals surface area contributed by atoms with Gasteiger partial charge in [0.1, 0.15) is 12.4 Å². The maximum absolute atomic E-state index is 5.43. The van der Waals surface area contributed by atoms with Crippen molar-refractivity contribution in [3.63, 3.8) is 0 Å². The van der Waals surface area contributed by atoms with Crippen LogP contribution < -0.4 is 24.8 Å². The molecule has 29 heavy (non-hydrogen) atoms. The average molecular weight is 423 g/mol. The fourth-order valence-corrected chi connectivity index (χ4v) is 3.02. The van der Waals surface area contributed by atoms with Gasteiger partial charge in [0.25, 0.3) is 0 Å². The maximum Gasteiger partial charge on any atom is 0.203 e. The molecule has 2 N–H and O–H groups in total. The van der Waals surface area contributed by atoms with E-state index in [9.17, 15) is 0 Å². The van der Waals surface area contributed by atoms with Crippen molar-refractivity contribution in [3.8, 4) is 17.2 Å². The average Bonchev–Trinajstić information content (AvgIpc) is 3.06. The van der Waals surface area contributed by atoms with E-state index >= 15 is 0 Å². The van der Waals surface area contributed by atoms with Crippen molar-refractivity contribution in [1.29, 1.82) is 0 Å². The fourth-order valence-electron chi connectivity index (χ4n) is 2.59. The summed E-state index contributed by atoms with van der Waals surface area (Å²) in [6.07, 6.45) is 3.12. The second-order valence-corrected chi connectivity index (χ2v) is 7.19. The lowest BCUT2D eigenvalue weighted by Gasteiger charge is -2.17. The van der Waals surface area contributed by atoms with Crippen molar-refractivity contribution >= 4 is 23.4 Å². The number of aliphatic imine (C=N–C) groups is 1. The number of nitrogens with zero attached hydrogens (tertiary/aromatic N) is 4. The van der Waals surface area contributed by atoms with E-state index in [0.717, 1.165) is 36.1 Å². The van der Waals surface area contributed by atoms with E-state index in [4.69, 9.17) is 14.2 Å². The lowest BCUT2D eigenvalue weighted by molar-refractivity contribution is 0.324. The first-order chi connectivity index (χ1) is 14.0. The molecule has 0 atom stereocenters. The number of guanidine groups is 1. The van der Waals surface area contributed by atoms with E-state index < -0.39 is 0 Å². The number of aromatic nitrogens is 3. The van der Waals surface area contributed by atoms with Gasteiger partial charge in [-0.05, 0) is 25.4 Å². The number of rotatable bonds is 10. The summed E-state index contributed by atoms with van der Waals surface area (Å²) >= 11 is 1.82. The number of hydrogen-bond donors (Lipinski definition) is 2. The van der Waals surface area contributed by atoms with Crippen molar-refractivity contribution in [2.75, 3.05) is 45.2 Å². The van der Waals surface area contributed by atoms with Gasteiger partial charge < -0.3 is 29.4 Å². The third-order valence-corrected chi connectivity index (χ3v) is 5.00. The van der Waals surface area contributed by atoms with E-state index in [0.29, 0.717) is 29.8 Å². The molecule has 2 rings (SSSR count). The minimum absolute atomic E-state index is 0.402. The van der Waals surface area contributed by atoms with Gasteiger partial charge in [-0.1, -0.05) is 0 Å². The van der Waals surface area contributed by atoms with Crippen LogP contribution in [0.5, 0.6) is 17.2 Å². The van der Waals surface area contributed by atoms with Gasteiger partial charge in [0.2, 0.25) is 5.75 Å². The number of anilines is 1. The van der Waals surface area contributed by atoms with E-state index in [1.807, 2.05) is 42.4 Å². The molecule has 1 heterocycles. The normalized spacial score (nSPS) is 11.3. The summed E-state index contributed by atoms with van der Waals surface area (Å²) in [4.78, 5) is 4.67. The highest BCUT2D eigenvalue weighted by Crippen LogP contribution is 2.39. The maximum atomic E-state index is 5.43. The van der Waals surface area contributed by atoms with Gasteiger partial charge in [-0.2, -0.15) is 11.8 Å². The number of benzene rings is 1. The quantitative estimate of drug-likeness (QED) is 0.343. The Labute approximate surface area is 176 Å². The van der Waals surface area contributed by atoms with Crippen molar-refractivity contribution in [2.24, 2.45) is 12.0 Å². The molecule has 9 nitrogen and oxygen atoms in total. The van der Waals surface area contributed by atoms with E-state index in [1.54, 1.807) is 21.3 Å². The van der Waals surface area contributed by atoms with E-state index in [2.05, 4.69) is 32.1 Å². The molecule has 0 bridgehead atoms. The van der Waals surface area contributed by atoms with Gasteiger partial charge in [0.15, 0.2) is 23.3 Å². The molecule has 0 fully saturated rings. The molecular formula is C19H30N6O3S. The minimum Gasteiger partial charge on any atom is -0.493 e. The summed E-state index contributed by atoms with van der Waals surface area (Å²) in [7, 11) is 6.69. The predicted octanol–water partition coefficient (Wildman–Crippen LogP) is 2.46. The fraction of sp³-hybridized carbons (Fsp3) is 0.526. The molecule has 160 valence electrons. The Balaban J connectivity index is 2.24. The smallest absolute Gasteiger partial charge is 0.203 e. The second kappa shape index (κ2) is 11.4. The van der Waals surface area contributed by atoms with Gasteiger partial charge in [-0.25, -0.2) is 4.99 Å². The molecule has 0 saturated carbocycles. The van der Waals surface area contributed by atoms with Gasteiger partial charge in [0, 0.05) is 31.4 Å². The highest BCUT2D eigenvalue weighted by molar-refractivity contribution is 7.98. The summed E-state index contributed by atoms with van der Waals surface area (Å²) < 4.78 is 18.2. The third kappa shape index (κ3) is 6.18. The Morgan fingerprint density at radius 1 is 1.14 bits per heavy atom. The van der Waals surface area contributed by atoms with Gasteiger partial charge in [-0.15, -0.1) is 10.2 Å². The standard InChI is InChI=1S/C19H30N6O3S/c1-13-23-24-17(25(13)2)12-21-19(20-8-7-9-29-6)22-14-10-15(26-3)18(28-5)16(11-14)27-4/h10-11H,7-9,12H2,1-6H3,(H2,20,21,22). The zero-order valence-electron chi connectivity index (χ0n) is 17.9. The predicted molar refractivity (Wildman–Crippen MR) is 118 cm³/mol. The van der Waals surface area contributed by atoms with Crippen LogP contribution in [0.4, 0.5) is 5.69 Å². The molecule has 1 aromatic heterocycles. The monoisotopic (exact) mass is 422 g/mol. The van der Waals surface area contributed by atoms with Gasteiger partial charge >= 0.3 is 0 Å². The Hall–Kier alpha value is -2.62. The number of methoxy groups -OCH3 is 3. The summed E-state index contributed by atoms with van der Waals surface area (Å²) in [5, 5.41) is 14.9. The topological polar surface area (TPSA) is 94.8 Å². The van der Waals surface area contributed by atoms with Gasteiger partial charge in [0.05, 0.1) is 21.3 Å². The van der Waals surface area contributed by atoms with Gasteiger partial charge in [-0.3, -0.25) is 0 Å². The molecule has 0 unspecified atom stereocenters. The first kappa shape index (κ1) is 22.7. The minimum atomic E-state index is 0.402. The summed E-state index contributed by atoms with van der Waals surface area (Å²) in [5.41, 5.74) is 0.768. The van der Waals surface area contributed by atoms with Crippen molar-refractivity contribution in [2.45, 2.75) is 19.9 Å². The van der Waals surface area contributed by atoms with Crippen molar-refractivity contribution in [3.05, 3.63) is 23.8 Å². The van der Waals surface area contributed by atoms with Crippen LogP contribution in [0.3, 0.4) is 0 Å². The molecule has 0 amide bonds. The molecular weight excluding hydrogens is 392 g/mol. The van der Waals surface area contributed by atoms with Crippen molar-refractivity contribution in [1.82, 2.24) is 20.1 Å². The second-order valence-electron chi connectivity index (χ2n) is 6.20. The van der Waals surface area contributed by atoms with Crippen LogP contribution in [0, 0.1) is 6.92 Å². The largest absolute Gasteiger partial charge is 0.493 e. The number of aryl methyl sites for hydroxylation is 1. The van der Waals surface area contributed by atoms with Crippen molar-refractivity contribution < 1.29 is 14.2 Å². The number of hydrogen-bond acceptors (Lipinski definition) is 7. The summed E-state index contributed by atoms with van der Waals surface area (Å²) in [6.45, 7) is 3.12. The van der Waals surface area contributed by atoms with Crippen LogP contribution in [0.2, 0.25) is 0 Å². The molecule has 2 aromatic rings. The molecule has 0 aliphatic heterocycles. The lowest BCUT2D eigenvalue weighted by atomic mass is 10.2. The van der Waals surface area contributed by atoms with Crippen LogP contribution in [-0.4, -0.2) is 60.6 Å². The Kier molecular flexibility index (Phi) is 8.91. The SMILES string of the molecule is COc1cc(NC(=NCc2nnc(C)n2C)NCCCSC)cc(OC)c1OC. The van der Waals surface area contributed by atoms with Crippen LogP contribution in [0.1, 0.15) is 18.1 Å². The molecule has 10 heteroatoms. The van der Waals surface area contributed by atoms with Crippen LogP contribution in [0.15, 0.2) is 17.1 Å². The first-order valence-electron chi connectivity index (χ1n) is 9.23. The number of ether oxygens (including phenoxy) is 3. The third-order valence-electron chi connectivity index (χ3n) is 4.31. The zero-order valence-corrected chi connectivity index (χ0v) is 18.7. The van der Waals surface area contributed by atoms with E-state index in [1.165, 1.54) is 0 Å². The highest BCUT2D eigenvalue weighted by Gasteiger charge is 2.14. The van der Waals surface area contributed by atoms with Crippen LogP contribution in [0.25, 0.3) is 0 Å². The Bertz CT molecular complexity index is 799. The molecule has 1 aromatic carbocycles. The molecule has 0 spiro atoms. The first-order valence-corrected chi connectivity index (χ1v) is 10.6.